The number of H-pyrrole nitrogens is 1. The Morgan fingerprint density at radius 1 is 1.16 bits per heavy atom. The Labute approximate surface area is 153 Å². The van der Waals surface area contributed by atoms with E-state index in [1.165, 1.54) is 11.3 Å². The molecule has 122 valence electrons. The lowest BCUT2D eigenvalue weighted by Gasteiger charge is -2.04. The van der Waals surface area contributed by atoms with E-state index in [1.807, 2.05) is 37.3 Å². The van der Waals surface area contributed by atoms with Crippen LogP contribution >= 0.6 is 22.9 Å². The van der Waals surface area contributed by atoms with E-state index in [4.69, 9.17) is 17.3 Å². The molecule has 0 saturated heterocycles. The molecule has 0 bridgehead atoms. The fourth-order valence-corrected chi connectivity index (χ4v) is 3.91. The molecule has 3 N–H and O–H groups in total. The summed E-state index contributed by atoms with van der Waals surface area (Å²) in [5.74, 6) is 0.667. The van der Waals surface area contributed by atoms with E-state index < -0.39 is 0 Å². The zero-order chi connectivity index (χ0) is 17.6. The van der Waals surface area contributed by atoms with Gasteiger partial charge in [-0.15, -0.1) is 11.3 Å². The van der Waals surface area contributed by atoms with Crippen LogP contribution in [-0.2, 0) is 0 Å². The van der Waals surface area contributed by atoms with Crippen molar-refractivity contribution in [2.24, 2.45) is 0 Å². The van der Waals surface area contributed by atoms with Gasteiger partial charge >= 0.3 is 0 Å². The molecule has 0 aliphatic heterocycles. The number of aromatic nitrogens is 2. The Kier molecular flexibility index (Phi) is 3.72. The maximum absolute atomic E-state index is 9.54. The molecule has 6 heteroatoms. The summed E-state index contributed by atoms with van der Waals surface area (Å²) < 4.78 is 0. The van der Waals surface area contributed by atoms with Crippen LogP contribution in [0.4, 0.5) is 5.00 Å². The highest BCUT2D eigenvalue weighted by atomic mass is 35.5. The molecule has 0 fully saturated rings. The normalized spacial score (nSPS) is 10.9. The number of fused-ring (bicyclic) bond motifs is 1. The lowest BCUT2D eigenvalue weighted by Crippen LogP contribution is -1.89. The number of nitrogens with two attached hydrogens (primary N) is 1. The molecule has 25 heavy (non-hydrogen) atoms. The SMILES string of the molecule is Cc1ccc2nc(-c3c(N)sc(C#N)c3-c3ccc(Cl)cc3)[nH]c2c1. The molecule has 0 aliphatic carbocycles. The largest absolute Gasteiger partial charge is 0.390 e. The number of nitrogens with one attached hydrogen (secondary N) is 1. The highest BCUT2D eigenvalue weighted by Crippen LogP contribution is 2.44. The topological polar surface area (TPSA) is 78.5 Å². The summed E-state index contributed by atoms with van der Waals surface area (Å²) in [6, 6.07) is 15.7. The zero-order valence-electron chi connectivity index (χ0n) is 13.3. The van der Waals surface area contributed by atoms with Crippen LogP contribution < -0.4 is 5.73 Å². The minimum atomic E-state index is 0.562. The first-order valence-electron chi connectivity index (χ1n) is 7.62. The number of rotatable bonds is 2. The van der Waals surface area contributed by atoms with Gasteiger partial charge in [0.25, 0.3) is 0 Å². The molecule has 0 radical (unpaired) electrons. The maximum atomic E-state index is 9.54. The van der Waals surface area contributed by atoms with Gasteiger partial charge in [-0.1, -0.05) is 29.8 Å². The molecular weight excluding hydrogens is 352 g/mol. The predicted molar refractivity (Wildman–Crippen MR) is 104 cm³/mol. The van der Waals surface area contributed by atoms with Crippen LogP contribution in [0, 0.1) is 18.3 Å². The molecule has 0 aliphatic rings. The van der Waals surface area contributed by atoms with Crippen LogP contribution in [0.2, 0.25) is 5.02 Å². The van der Waals surface area contributed by atoms with E-state index in [0.717, 1.165) is 33.3 Å². The summed E-state index contributed by atoms with van der Waals surface area (Å²) in [6.45, 7) is 2.03. The molecule has 0 saturated carbocycles. The molecule has 0 amide bonds. The van der Waals surface area contributed by atoms with E-state index in [0.29, 0.717) is 20.7 Å². The summed E-state index contributed by atoms with van der Waals surface area (Å²) in [5, 5.41) is 10.8. The zero-order valence-corrected chi connectivity index (χ0v) is 14.9. The summed E-state index contributed by atoms with van der Waals surface area (Å²) in [5.41, 5.74) is 11.7. The molecule has 4 rings (SSSR count). The smallest absolute Gasteiger partial charge is 0.142 e. The summed E-state index contributed by atoms with van der Waals surface area (Å²) in [4.78, 5) is 8.57. The number of benzene rings is 2. The van der Waals surface area contributed by atoms with Gasteiger partial charge in [0.1, 0.15) is 16.8 Å². The molecule has 2 aromatic carbocycles. The Morgan fingerprint density at radius 2 is 1.92 bits per heavy atom. The number of anilines is 1. The highest BCUT2D eigenvalue weighted by molar-refractivity contribution is 7.17. The molecule has 0 unspecified atom stereocenters. The van der Waals surface area contributed by atoms with Gasteiger partial charge in [-0.25, -0.2) is 4.98 Å². The Morgan fingerprint density at radius 3 is 2.64 bits per heavy atom. The van der Waals surface area contributed by atoms with E-state index in [-0.39, 0.29) is 0 Å². The number of nitriles is 1. The van der Waals surface area contributed by atoms with Crippen molar-refractivity contribution in [2.75, 3.05) is 5.73 Å². The van der Waals surface area contributed by atoms with Crippen molar-refractivity contribution in [2.45, 2.75) is 6.92 Å². The molecule has 2 aromatic heterocycles. The van der Waals surface area contributed by atoms with Gasteiger partial charge in [0.05, 0.1) is 21.6 Å². The van der Waals surface area contributed by atoms with E-state index >= 15 is 0 Å². The Balaban J connectivity index is 1.98. The third-order valence-electron chi connectivity index (χ3n) is 4.04. The minimum Gasteiger partial charge on any atom is -0.390 e. The minimum absolute atomic E-state index is 0.562. The fraction of sp³-hybridized carbons (Fsp3) is 0.0526. The van der Waals surface area contributed by atoms with E-state index in [1.54, 1.807) is 12.1 Å². The third-order valence-corrected chi connectivity index (χ3v) is 5.22. The van der Waals surface area contributed by atoms with Crippen LogP contribution in [0.25, 0.3) is 33.5 Å². The van der Waals surface area contributed by atoms with Gasteiger partial charge in [-0.2, -0.15) is 5.26 Å². The number of nitrogen functional groups attached to an aromatic ring is 1. The average Bonchev–Trinajstić information content (AvgIpc) is 3.15. The highest BCUT2D eigenvalue weighted by Gasteiger charge is 2.22. The van der Waals surface area contributed by atoms with Crippen LogP contribution in [0.1, 0.15) is 10.4 Å². The summed E-state index contributed by atoms with van der Waals surface area (Å²) >= 11 is 7.27. The standard InChI is InChI=1S/C19H13ClN4S/c1-10-2-7-13-14(8-10)24-19(23-13)17-16(15(9-21)25-18(17)22)11-3-5-12(20)6-4-11/h2-8H,22H2,1H3,(H,23,24). The fourth-order valence-electron chi connectivity index (χ4n) is 2.90. The summed E-state index contributed by atoms with van der Waals surface area (Å²) in [7, 11) is 0. The van der Waals surface area contributed by atoms with Crippen molar-refractivity contribution in [1.82, 2.24) is 9.97 Å². The van der Waals surface area contributed by atoms with Crippen molar-refractivity contribution in [1.29, 1.82) is 5.26 Å². The number of aromatic amines is 1. The van der Waals surface area contributed by atoms with Gasteiger partial charge in [0.2, 0.25) is 0 Å². The van der Waals surface area contributed by atoms with Gasteiger partial charge in [0, 0.05) is 10.6 Å². The molecule has 0 atom stereocenters. The first-order valence-corrected chi connectivity index (χ1v) is 8.81. The Bertz CT molecular complexity index is 1130. The van der Waals surface area contributed by atoms with Gasteiger partial charge < -0.3 is 10.7 Å². The number of hydrogen-bond acceptors (Lipinski definition) is 4. The predicted octanol–water partition coefficient (Wildman–Crippen LogP) is 5.37. The van der Waals surface area contributed by atoms with Gasteiger partial charge in [-0.3, -0.25) is 0 Å². The van der Waals surface area contributed by atoms with Gasteiger partial charge in [-0.05, 0) is 42.3 Å². The van der Waals surface area contributed by atoms with Crippen molar-refractivity contribution in [3.8, 4) is 28.6 Å². The Hall–Kier alpha value is -2.81. The first-order chi connectivity index (χ1) is 12.1. The number of nitrogens with zero attached hydrogens (tertiary/aromatic N) is 2. The summed E-state index contributed by atoms with van der Waals surface area (Å²) in [6.07, 6.45) is 0. The van der Waals surface area contributed by atoms with Crippen LogP contribution in [0.5, 0.6) is 0 Å². The van der Waals surface area contributed by atoms with Crippen LogP contribution in [-0.4, -0.2) is 9.97 Å². The van der Waals surface area contributed by atoms with Crippen LogP contribution in [0.3, 0.4) is 0 Å². The maximum Gasteiger partial charge on any atom is 0.142 e. The van der Waals surface area contributed by atoms with Crippen molar-refractivity contribution >= 4 is 39.0 Å². The molecule has 2 heterocycles. The second-order valence-electron chi connectivity index (χ2n) is 5.77. The second-order valence-corrected chi connectivity index (χ2v) is 7.26. The monoisotopic (exact) mass is 364 g/mol. The van der Waals surface area contributed by atoms with Crippen molar-refractivity contribution in [3.63, 3.8) is 0 Å². The first kappa shape index (κ1) is 15.7. The molecule has 4 nitrogen and oxygen atoms in total. The average molecular weight is 365 g/mol. The molecule has 4 aromatic rings. The number of imidazole rings is 1. The van der Waals surface area contributed by atoms with Crippen molar-refractivity contribution < 1.29 is 0 Å². The molecular formula is C19H13ClN4S. The van der Waals surface area contributed by atoms with Gasteiger partial charge in [0.15, 0.2) is 0 Å². The number of thiophene rings is 1. The number of hydrogen-bond donors (Lipinski definition) is 2. The van der Waals surface area contributed by atoms with E-state index in [2.05, 4.69) is 16.0 Å². The van der Waals surface area contributed by atoms with Crippen LogP contribution in [0.15, 0.2) is 42.5 Å². The lowest BCUT2D eigenvalue weighted by molar-refractivity contribution is 1.34. The van der Waals surface area contributed by atoms with Crippen molar-refractivity contribution in [3.05, 3.63) is 57.9 Å². The number of halogens is 1. The lowest BCUT2D eigenvalue weighted by atomic mass is 10.0. The number of aryl methyl sites for hydroxylation is 1. The quantitative estimate of drug-likeness (QED) is 0.501. The molecule has 0 spiro atoms. The third kappa shape index (κ3) is 2.66. The van der Waals surface area contributed by atoms with E-state index in [9.17, 15) is 5.26 Å². The second kappa shape index (κ2) is 5.92.